The van der Waals surface area contributed by atoms with Gasteiger partial charge in [0.05, 0.1) is 5.57 Å². The van der Waals surface area contributed by atoms with Crippen LogP contribution in [0.25, 0.3) is 0 Å². The van der Waals surface area contributed by atoms with Crippen LogP contribution in [0.5, 0.6) is 0 Å². The van der Waals surface area contributed by atoms with Gasteiger partial charge in [-0.05, 0) is 25.5 Å². The van der Waals surface area contributed by atoms with Gasteiger partial charge in [-0.15, -0.1) is 0 Å². The standard InChI is InChI=1S/C14H21N3S/c1-5-6-7-8-9-10-17-13(15)12(11(2)3)14(18)16-4/h5-10,17H,2,15H2,1,3-4H3,(H,16,18)/b6-5-,8-7-,10-9?,13-12-. The largest absolute Gasteiger partial charge is 0.385 e. The van der Waals surface area contributed by atoms with E-state index in [2.05, 4.69) is 17.2 Å². The zero-order chi connectivity index (χ0) is 14.0. The number of allylic oxidation sites excluding steroid dienone is 5. The molecule has 0 saturated carbocycles. The van der Waals surface area contributed by atoms with Crippen molar-refractivity contribution < 1.29 is 0 Å². The molecule has 0 atom stereocenters. The molecule has 0 aliphatic carbocycles. The average Bonchev–Trinajstić information content (AvgIpc) is 2.33. The first-order valence-corrected chi connectivity index (χ1v) is 6.04. The van der Waals surface area contributed by atoms with E-state index in [0.29, 0.717) is 10.8 Å². The molecule has 98 valence electrons. The van der Waals surface area contributed by atoms with Crippen LogP contribution >= 0.6 is 12.2 Å². The summed E-state index contributed by atoms with van der Waals surface area (Å²) in [6.45, 7) is 7.69. The van der Waals surface area contributed by atoms with Crippen LogP contribution < -0.4 is 16.4 Å². The van der Waals surface area contributed by atoms with Crippen molar-refractivity contribution >= 4 is 17.2 Å². The summed E-state index contributed by atoms with van der Waals surface area (Å²) < 4.78 is 0. The Kier molecular flexibility index (Phi) is 8.31. The average molecular weight is 263 g/mol. The molecule has 0 spiro atoms. The molecule has 0 aromatic carbocycles. The number of hydrogen-bond donors (Lipinski definition) is 3. The maximum absolute atomic E-state index is 5.93. The third-order valence-electron chi connectivity index (χ3n) is 2.01. The fourth-order valence-electron chi connectivity index (χ4n) is 1.18. The van der Waals surface area contributed by atoms with Crippen molar-refractivity contribution in [3.05, 3.63) is 60.1 Å². The third kappa shape index (κ3) is 6.06. The zero-order valence-corrected chi connectivity index (χ0v) is 12.0. The van der Waals surface area contributed by atoms with Crippen molar-refractivity contribution in [1.29, 1.82) is 0 Å². The van der Waals surface area contributed by atoms with E-state index in [9.17, 15) is 0 Å². The number of nitrogens with one attached hydrogen (secondary N) is 2. The number of thiocarbonyl (C=S) groups is 1. The van der Waals surface area contributed by atoms with Gasteiger partial charge in [-0.2, -0.15) is 0 Å². The van der Waals surface area contributed by atoms with Gasteiger partial charge in [0.15, 0.2) is 0 Å². The molecule has 3 nitrogen and oxygen atoms in total. The van der Waals surface area contributed by atoms with Crippen LogP contribution in [0.15, 0.2) is 60.1 Å². The molecular weight excluding hydrogens is 242 g/mol. The number of rotatable bonds is 6. The topological polar surface area (TPSA) is 50.1 Å². The minimum atomic E-state index is 0.484. The van der Waals surface area contributed by atoms with Crippen LogP contribution in [-0.4, -0.2) is 12.0 Å². The summed E-state index contributed by atoms with van der Waals surface area (Å²) in [5.41, 5.74) is 7.48. The first-order chi connectivity index (χ1) is 8.54. The second-order valence-corrected chi connectivity index (χ2v) is 3.97. The molecule has 18 heavy (non-hydrogen) atoms. The van der Waals surface area contributed by atoms with Crippen LogP contribution in [0.2, 0.25) is 0 Å². The minimum Gasteiger partial charge on any atom is -0.385 e. The quantitative estimate of drug-likeness (QED) is 0.391. The fraction of sp³-hybridized carbons (Fsp3) is 0.214. The van der Waals surface area contributed by atoms with Crippen molar-refractivity contribution in [1.82, 2.24) is 10.6 Å². The lowest BCUT2D eigenvalue weighted by atomic mass is 10.1. The van der Waals surface area contributed by atoms with Crippen LogP contribution in [0.1, 0.15) is 13.8 Å². The van der Waals surface area contributed by atoms with Gasteiger partial charge < -0.3 is 16.4 Å². The first-order valence-electron chi connectivity index (χ1n) is 5.63. The lowest BCUT2D eigenvalue weighted by molar-refractivity contribution is 1.00. The Balaban J connectivity index is 4.72. The molecule has 0 bridgehead atoms. The highest BCUT2D eigenvalue weighted by atomic mass is 32.1. The zero-order valence-electron chi connectivity index (χ0n) is 11.2. The van der Waals surface area contributed by atoms with Gasteiger partial charge in [-0.25, -0.2) is 0 Å². The van der Waals surface area contributed by atoms with Crippen molar-refractivity contribution in [2.45, 2.75) is 13.8 Å². The second kappa shape index (κ2) is 9.24. The predicted molar refractivity (Wildman–Crippen MR) is 83.9 cm³/mol. The summed E-state index contributed by atoms with van der Waals surface area (Å²) in [5.74, 6) is 0.484. The van der Waals surface area contributed by atoms with Gasteiger partial charge in [-0.1, -0.05) is 43.1 Å². The number of nitrogens with two attached hydrogens (primary N) is 1. The molecule has 0 aliphatic heterocycles. The minimum absolute atomic E-state index is 0.484. The Hall–Kier alpha value is -1.81. The molecule has 4 N–H and O–H groups in total. The monoisotopic (exact) mass is 263 g/mol. The third-order valence-corrected chi connectivity index (χ3v) is 2.42. The Morgan fingerprint density at radius 2 is 1.83 bits per heavy atom. The molecule has 0 aromatic rings. The van der Waals surface area contributed by atoms with E-state index in [1.54, 1.807) is 13.2 Å². The summed E-state index contributed by atoms with van der Waals surface area (Å²) in [7, 11) is 1.76. The Morgan fingerprint density at radius 1 is 1.22 bits per heavy atom. The first kappa shape index (κ1) is 16.2. The van der Waals surface area contributed by atoms with E-state index in [4.69, 9.17) is 18.0 Å². The number of likely N-dealkylation sites (N-methyl/N-ethyl adjacent to an activating group) is 1. The van der Waals surface area contributed by atoms with Gasteiger partial charge in [0.1, 0.15) is 10.8 Å². The van der Waals surface area contributed by atoms with E-state index in [-0.39, 0.29) is 0 Å². The van der Waals surface area contributed by atoms with Gasteiger partial charge in [0.25, 0.3) is 0 Å². The van der Waals surface area contributed by atoms with Crippen molar-refractivity contribution in [2.24, 2.45) is 5.73 Å². The highest BCUT2D eigenvalue weighted by Gasteiger charge is 2.08. The van der Waals surface area contributed by atoms with Crippen molar-refractivity contribution in [3.8, 4) is 0 Å². The van der Waals surface area contributed by atoms with Crippen LogP contribution in [-0.2, 0) is 0 Å². The van der Waals surface area contributed by atoms with Gasteiger partial charge >= 0.3 is 0 Å². The molecular formula is C14H21N3S. The Bertz CT molecular complexity index is 415. The summed E-state index contributed by atoms with van der Waals surface area (Å²) in [5, 5.41) is 5.86. The predicted octanol–water partition coefficient (Wildman–Crippen LogP) is 2.52. The highest BCUT2D eigenvalue weighted by Crippen LogP contribution is 2.09. The normalized spacial score (nSPS) is 13.1. The molecule has 0 unspecified atom stereocenters. The second-order valence-electron chi connectivity index (χ2n) is 3.56. The lowest BCUT2D eigenvalue weighted by Crippen LogP contribution is -2.26. The maximum atomic E-state index is 5.93. The molecule has 4 heteroatoms. The van der Waals surface area contributed by atoms with E-state index in [1.807, 2.05) is 44.2 Å². The Labute approximate surface area is 115 Å². The molecule has 0 radical (unpaired) electrons. The molecule has 0 fully saturated rings. The van der Waals surface area contributed by atoms with E-state index >= 15 is 0 Å². The maximum Gasteiger partial charge on any atom is 0.111 e. The fourth-order valence-corrected chi connectivity index (χ4v) is 1.46. The van der Waals surface area contributed by atoms with Crippen LogP contribution in [0.4, 0.5) is 0 Å². The van der Waals surface area contributed by atoms with Crippen molar-refractivity contribution in [3.63, 3.8) is 0 Å². The number of hydrogen-bond acceptors (Lipinski definition) is 3. The van der Waals surface area contributed by atoms with Gasteiger partial charge in [0.2, 0.25) is 0 Å². The molecule has 0 rings (SSSR count). The summed E-state index contributed by atoms with van der Waals surface area (Å²) in [6, 6.07) is 0. The van der Waals surface area contributed by atoms with E-state index in [1.165, 1.54) is 0 Å². The molecule has 0 saturated heterocycles. The summed E-state index contributed by atoms with van der Waals surface area (Å²) in [6.07, 6.45) is 11.3. The summed E-state index contributed by atoms with van der Waals surface area (Å²) in [4.78, 5) is 0.574. The molecule has 0 heterocycles. The van der Waals surface area contributed by atoms with Crippen molar-refractivity contribution in [2.75, 3.05) is 7.05 Å². The SMILES string of the molecule is C=C(C)/C(C(=S)NC)=C(\N)NC=C/C=C\C=C/C. The lowest BCUT2D eigenvalue weighted by Gasteiger charge is -2.12. The Morgan fingerprint density at radius 3 is 2.33 bits per heavy atom. The highest BCUT2D eigenvalue weighted by molar-refractivity contribution is 7.80. The van der Waals surface area contributed by atoms with E-state index in [0.717, 1.165) is 11.1 Å². The smallest absolute Gasteiger partial charge is 0.111 e. The molecule has 0 aliphatic rings. The van der Waals surface area contributed by atoms with Crippen LogP contribution in [0, 0.1) is 0 Å². The van der Waals surface area contributed by atoms with E-state index < -0.39 is 0 Å². The molecule has 0 amide bonds. The summed E-state index contributed by atoms with van der Waals surface area (Å²) >= 11 is 5.17. The molecule has 0 aromatic heterocycles. The van der Waals surface area contributed by atoms with Gasteiger partial charge in [-0.3, -0.25) is 0 Å². The van der Waals surface area contributed by atoms with Crippen LogP contribution in [0.3, 0.4) is 0 Å². The van der Waals surface area contributed by atoms with Gasteiger partial charge in [0, 0.05) is 13.2 Å².